The Morgan fingerprint density at radius 3 is 2.48 bits per heavy atom. The highest BCUT2D eigenvalue weighted by Crippen LogP contribution is 2.45. The van der Waals surface area contributed by atoms with Crippen LogP contribution in [0.5, 0.6) is 23.0 Å². The number of methoxy groups -OCH3 is 2. The Labute approximate surface area is 188 Å². The fourth-order valence-corrected chi connectivity index (χ4v) is 4.27. The minimum absolute atomic E-state index is 0.0677. The summed E-state index contributed by atoms with van der Waals surface area (Å²) < 4.78 is 22.3. The Bertz CT molecular complexity index is 1430. The molecule has 0 radical (unpaired) electrons. The maximum Gasteiger partial charge on any atom is 0.312 e. The third-order valence-electron chi connectivity index (χ3n) is 5.88. The monoisotopic (exact) mass is 444 g/mol. The predicted octanol–water partition coefficient (Wildman–Crippen LogP) is 4.62. The van der Waals surface area contributed by atoms with Crippen molar-refractivity contribution < 1.29 is 28.5 Å². The first kappa shape index (κ1) is 20.6. The zero-order valence-corrected chi connectivity index (χ0v) is 18.0. The number of hydrogen-bond acceptors (Lipinski definition) is 7. The summed E-state index contributed by atoms with van der Waals surface area (Å²) in [6.45, 7) is 0. The second kappa shape index (κ2) is 8.02. The molecular formula is C26H20O7. The first-order valence-electron chi connectivity index (χ1n) is 10.3. The van der Waals surface area contributed by atoms with Gasteiger partial charge in [0.15, 0.2) is 0 Å². The van der Waals surface area contributed by atoms with Crippen molar-refractivity contribution in [3.05, 3.63) is 82.2 Å². The van der Waals surface area contributed by atoms with E-state index >= 15 is 0 Å². The Morgan fingerprint density at radius 1 is 0.970 bits per heavy atom. The average Bonchev–Trinajstić information content (AvgIpc) is 2.83. The van der Waals surface area contributed by atoms with Gasteiger partial charge in [-0.3, -0.25) is 9.59 Å². The van der Waals surface area contributed by atoms with Crippen molar-refractivity contribution in [3.8, 4) is 34.1 Å². The molecule has 1 aromatic heterocycles. The van der Waals surface area contributed by atoms with Crippen LogP contribution in [-0.2, 0) is 4.79 Å². The fraction of sp³-hybridized carbons (Fsp3) is 0.154. The lowest BCUT2D eigenvalue weighted by atomic mass is 9.84. The molecule has 5 rings (SSSR count). The number of carbonyl (C=O) groups excluding carboxylic acids is 1. The quantitative estimate of drug-likeness (QED) is 0.362. The van der Waals surface area contributed by atoms with Crippen LogP contribution in [0.1, 0.15) is 23.5 Å². The van der Waals surface area contributed by atoms with Crippen LogP contribution >= 0.6 is 0 Å². The molecule has 1 aliphatic heterocycles. The molecule has 7 heteroatoms. The van der Waals surface area contributed by atoms with Crippen molar-refractivity contribution in [1.29, 1.82) is 0 Å². The summed E-state index contributed by atoms with van der Waals surface area (Å²) in [6, 6.07) is 14.9. The second-order valence-corrected chi connectivity index (χ2v) is 7.72. The van der Waals surface area contributed by atoms with E-state index in [-0.39, 0.29) is 23.6 Å². The standard InChI is InChI=1S/C26H20O7/c1-30-16-7-8-17(22(11-16)31-2)19-12-23(28)33-21-10-9-18-25(29)20(13-32-26(18)24(19)21)14-3-5-15(27)6-4-14/h3-11,13,19,27H,12H2,1-2H3/t19-/m0/s1. The molecule has 1 N–H and O–H groups in total. The van der Waals surface area contributed by atoms with Gasteiger partial charge in [-0.15, -0.1) is 0 Å². The molecule has 4 aromatic rings. The van der Waals surface area contributed by atoms with Crippen molar-refractivity contribution in [1.82, 2.24) is 0 Å². The van der Waals surface area contributed by atoms with E-state index in [9.17, 15) is 14.7 Å². The third kappa shape index (κ3) is 3.47. The normalized spacial score (nSPS) is 15.1. The van der Waals surface area contributed by atoms with Gasteiger partial charge >= 0.3 is 5.97 Å². The number of ether oxygens (including phenoxy) is 3. The molecule has 0 saturated carbocycles. The van der Waals surface area contributed by atoms with E-state index in [1.165, 1.54) is 18.4 Å². The smallest absolute Gasteiger partial charge is 0.312 e. The molecule has 7 nitrogen and oxygen atoms in total. The van der Waals surface area contributed by atoms with Gasteiger partial charge in [-0.2, -0.15) is 0 Å². The van der Waals surface area contributed by atoms with Gasteiger partial charge in [0.1, 0.15) is 34.8 Å². The van der Waals surface area contributed by atoms with Crippen molar-refractivity contribution in [2.45, 2.75) is 12.3 Å². The zero-order valence-electron chi connectivity index (χ0n) is 18.0. The van der Waals surface area contributed by atoms with Crippen LogP contribution in [0, 0.1) is 0 Å². The van der Waals surface area contributed by atoms with Gasteiger partial charge in [0.25, 0.3) is 0 Å². The summed E-state index contributed by atoms with van der Waals surface area (Å²) in [4.78, 5) is 25.7. The van der Waals surface area contributed by atoms with Crippen molar-refractivity contribution in [2.24, 2.45) is 0 Å². The van der Waals surface area contributed by atoms with E-state index in [1.54, 1.807) is 50.6 Å². The van der Waals surface area contributed by atoms with Gasteiger partial charge in [-0.1, -0.05) is 18.2 Å². The molecule has 166 valence electrons. The first-order valence-corrected chi connectivity index (χ1v) is 10.3. The number of hydrogen-bond donors (Lipinski definition) is 1. The summed E-state index contributed by atoms with van der Waals surface area (Å²) in [5.41, 5.74) is 2.51. The molecule has 0 aliphatic carbocycles. The summed E-state index contributed by atoms with van der Waals surface area (Å²) in [7, 11) is 3.11. The van der Waals surface area contributed by atoms with Gasteiger partial charge in [-0.05, 0) is 35.9 Å². The lowest BCUT2D eigenvalue weighted by Gasteiger charge is -2.26. The number of phenols is 1. The highest BCUT2D eigenvalue weighted by atomic mass is 16.5. The zero-order chi connectivity index (χ0) is 23.1. The van der Waals surface area contributed by atoms with Crippen molar-refractivity contribution >= 4 is 16.9 Å². The summed E-state index contributed by atoms with van der Waals surface area (Å²) in [5.74, 6) is 0.816. The van der Waals surface area contributed by atoms with Crippen LogP contribution in [0.4, 0.5) is 0 Å². The van der Waals surface area contributed by atoms with Crippen molar-refractivity contribution in [3.63, 3.8) is 0 Å². The number of benzene rings is 3. The van der Waals surface area contributed by atoms with Gasteiger partial charge in [0, 0.05) is 23.1 Å². The maximum atomic E-state index is 13.3. The van der Waals surface area contributed by atoms with Gasteiger partial charge in [0.2, 0.25) is 5.43 Å². The van der Waals surface area contributed by atoms with E-state index in [0.29, 0.717) is 44.9 Å². The number of aromatic hydroxyl groups is 1. The van der Waals surface area contributed by atoms with E-state index in [4.69, 9.17) is 18.6 Å². The third-order valence-corrected chi connectivity index (χ3v) is 5.88. The van der Waals surface area contributed by atoms with Crippen LogP contribution < -0.4 is 19.6 Å². The highest BCUT2D eigenvalue weighted by Gasteiger charge is 2.34. The molecular weight excluding hydrogens is 424 g/mol. The fourth-order valence-electron chi connectivity index (χ4n) is 4.27. The largest absolute Gasteiger partial charge is 0.508 e. The molecule has 0 amide bonds. The van der Waals surface area contributed by atoms with Gasteiger partial charge in [0.05, 0.1) is 31.6 Å². The minimum Gasteiger partial charge on any atom is -0.508 e. The summed E-state index contributed by atoms with van der Waals surface area (Å²) >= 11 is 0. The van der Waals surface area contributed by atoms with Gasteiger partial charge in [-0.25, -0.2) is 0 Å². The summed E-state index contributed by atoms with van der Waals surface area (Å²) in [6.07, 6.45) is 1.47. The Balaban J connectivity index is 1.72. The molecule has 2 heterocycles. The topological polar surface area (TPSA) is 95.2 Å². The molecule has 33 heavy (non-hydrogen) atoms. The minimum atomic E-state index is -0.437. The van der Waals surface area contributed by atoms with Crippen LogP contribution in [0.15, 0.2) is 70.1 Å². The maximum absolute atomic E-state index is 13.3. The van der Waals surface area contributed by atoms with Gasteiger partial charge < -0.3 is 23.7 Å². The Hall–Kier alpha value is -4.26. The predicted molar refractivity (Wildman–Crippen MR) is 121 cm³/mol. The molecule has 0 bridgehead atoms. The Morgan fingerprint density at radius 2 is 1.76 bits per heavy atom. The molecule has 0 saturated heterocycles. The van der Waals surface area contributed by atoms with Crippen LogP contribution in [-0.4, -0.2) is 25.3 Å². The van der Waals surface area contributed by atoms with E-state index < -0.39 is 5.92 Å². The summed E-state index contributed by atoms with van der Waals surface area (Å²) in [5, 5.41) is 9.92. The number of phenolic OH excluding ortho intramolecular Hbond substituents is 1. The van der Waals surface area contributed by atoms with Crippen molar-refractivity contribution in [2.75, 3.05) is 14.2 Å². The number of carbonyl (C=O) groups is 1. The number of rotatable bonds is 4. The average molecular weight is 444 g/mol. The van der Waals surface area contributed by atoms with Crippen LogP contribution in [0.25, 0.3) is 22.1 Å². The van der Waals surface area contributed by atoms with E-state index in [0.717, 1.165) is 5.56 Å². The highest BCUT2D eigenvalue weighted by molar-refractivity contribution is 5.90. The van der Waals surface area contributed by atoms with E-state index in [2.05, 4.69) is 0 Å². The lowest BCUT2D eigenvalue weighted by Crippen LogP contribution is -2.22. The van der Waals surface area contributed by atoms with Crippen LogP contribution in [0.2, 0.25) is 0 Å². The van der Waals surface area contributed by atoms with E-state index in [1.807, 2.05) is 6.07 Å². The molecule has 1 atom stereocenters. The molecule has 0 spiro atoms. The lowest BCUT2D eigenvalue weighted by molar-refractivity contribution is -0.135. The molecule has 3 aromatic carbocycles. The molecule has 1 aliphatic rings. The first-order chi connectivity index (χ1) is 16.0. The van der Waals surface area contributed by atoms with Crippen LogP contribution in [0.3, 0.4) is 0 Å². The number of esters is 1. The SMILES string of the molecule is COc1ccc([C@@H]2CC(=O)Oc3ccc4c(=O)c(-c5ccc(O)cc5)coc4c32)c(OC)c1. The molecule has 0 fully saturated rings. The Kier molecular flexibility index (Phi) is 5.01. The second-order valence-electron chi connectivity index (χ2n) is 7.72. The number of fused-ring (bicyclic) bond motifs is 3. The molecule has 0 unspecified atom stereocenters.